The number of rotatable bonds is 6. The second-order valence-corrected chi connectivity index (χ2v) is 9.36. The monoisotopic (exact) mass is 480 g/mol. The average molecular weight is 481 g/mol. The maximum Gasteiger partial charge on any atom is 0.276 e. The highest BCUT2D eigenvalue weighted by atomic mass is 32.1. The van der Waals surface area contributed by atoms with Gasteiger partial charge in [-0.3, -0.25) is 4.79 Å². The Balaban J connectivity index is 1.32. The van der Waals surface area contributed by atoms with E-state index in [-0.39, 0.29) is 23.3 Å². The molecule has 3 aromatic heterocycles. The molecule has 1 saturated heterocycles. The van der Waals surface area contributed by atoms with Crippen molar-refractivity contribution >= 4 is 23.1 Å². The summed E-state index contributed by atoms with van der Waals surface area (Å²) in [6.07, 6.45) is 1.66. The molecule has 5 rings (SSSR count). The molecule has 0 saturated carbocycles. The number of benzene rings is 1. The minimum absolute atomic E-state index is 0.0168. The normalized spacial score (nSPS) is 16.1. The second kappa shape index (κ2) is 9.08. The van der Waals surface area contributed by atoms with Crippen LogP contribution >= 0.6 is 11.3 Å². The maximum absolute atomic E-state index is 13.4. The van der Waals surface area contributed by atoms with Gasteiger partial charge in [0, 0.05) is 46.2 Å². The van der Waals surface area contributed by atoms with Gasteiger partial charge in [-0.1, -0.05) is 25.1 Å². The van der Waals surface area contributed by atoms with E-state index in [1.807, 2.05) is 19.9 Å². The average Bonchev–Trinajstić information content (AvgIpc) is 3.46. The number of nitrogens with zero attached hydrogens (tertiary/aromatic N) is 4. The van der Waals surface area contributed by atoms with Crippen molar-refractivity contribution < 1.29 is 17.8 Å². The third-order valence-electron chi connectivity index (χ3n) is 5.69. The van der Waals surface area contributed by atoms with E-state index in [1.54, 1.807) is 29.8 Å². The van der Waals surface area contributed by atoms with E-state index < -0.39 is 12.9 Å². The third kappa shape index (κ3) is 4.36. The van der Waals surface area contributed by atoms with Crippen molar-refractivity contribution in [3.05, 3.63) is 70.8 Å². The lowest BCUT2D eigenvalue weighted by Gasteiger charge is -2.36. The van der Waals surface area contributed by atoms with Crippen molar-refractivity contribution in [1.29, 1.82) is 0 Å². The second-order valence-electron chi connectivity index (χ2n) is 8.50. The zero-order valence-electron chi connectivity index (χ0n) is 21.6. The molecule has 0 unspecified atom stereocenters. The van der Waals surface area contributed by atoms with E-state index in [2.05, 4.69) is 20.4 Å². The fourth-order valence-corrected chi connectivity index (χ4v) is 4.64. The Morgan fingerprint density at radius 2 is 2.06 bits per heavy atom. The Morgan fingerprint density at radius 1 is 1.26 bits per heavy atom. The van der Waals surface area contributed by atoms with E-state index >= 15 is 0 Å². The Hall–Kier alpha value is -3.43. The van der Waals surface area contributed by atoms with Crippen LogP contribution in [0, 0.1) is 5.82 Å². The molecule has 9 heteroatoms. The standard InChI is InChI=1S/C25H24FN5O2S/c1-14(2)23-21(22(30-33-23)15-4-7-18(26)8-5-15)25-28-19(13-34-25)24(32)29-20-9-6-16(10-27-20)17-11-31(3)12-17/h4-10,13-14,17H,11-12H2,1-3H3,(H,27,29,32)/i3D3. The van der Waals surface area contributed by atoms with Crippen LogP contribution in [0.25, 0.3) is 21.8 Å². The third-order valence-corrected chi connectivity index (χ3v) is 6.55. The van der Waals surface area contributed by atoms with E-state index in [9.17, 15) is 9.18 Å². The quantitative estimate of drug-likeness (QED) is 0.398. The van der Waals surface area contributed by atoms with Gasteiger partial charge in [0.25, 0.3) is 5.91 Å². The number of anilines is 1. The van der Waals surface area contributed by atoms with Gasteiger partial charge in [0.05, 0.1) is 5.56 Å². The van der Waals surface area contributed by atoms with Gasteiger partial charge in [0.15, 0.2) is 0 Å². The predicted molar refractivity (Wildman–Crippen MR) is 130 cm³/mol. The largest absolute Gasteiger partial charge is 0.360 e. The topological polar surface area (TPSA) is 84.2 Å². The summed E-state index contributed by atoms with van der Waals surface area (Å²) in [5.41, 5.74) is 3.05. The zero-order chi connectivity index (χ0) is 26.3. The van der Waals surface area contributed by atoms with Gasteiger partial charge in [-0.15, -0.1) is 11.3 Å². The number of amides is 1. The molecule has 0 aliphatic carbocycles. The van der Waals surface area contributed by atoms with Crippen molar-refractivity contribution in [2.75, 3.05) is 25.4 Å². The lowest BCUT2D eigenvalue weighted by molar-refractivity contribution is 0.102. The number of hydrogen-bond acceptors (Lipinski definition) is 7. The van der Waals surface area contributed by atoms with Crippen LogP contribution in [-0.2, 0) is 0 Å². The highest BCUT2D eigenvalue weighted by Gasteiger charge is 2.26. The maximum atomic E-state index is 13.4. The molecule has 34 heavy (non-hydrogen) atoms. The number of carbonyl (C=O) groups is 1. The number of pyridine rings is 1. The van der Waals surface area contributed by atoms with E-state index in [0.29, 0.717) is 46.5 Å². The van der Waals surface area contributed by atoms with Gasteiger partial charge in [-0.05, 0) is 42.9 Å². The molecule has 1 N–H and O–H groups in total. The van der Waals surface area contributed by atoms with Crippen LogP contribution in [-0.4, -0.2) is 46.0 Å². The van der Waals surface area contributed by atoms with Crippen LogP contribution in [0.1, 0.15) is 51.6 Å². The molecule has 4 heterocycles. The van der Waals surface area contributed by atoms with Crippen LogP contribution < -0.4 is 5.32 Å². The number of carbonyl (C=O) groups excluding carboxylic acids is 1. The number of likely N-dealkylation sites (tertiary alicyclic amines) is 1. The Kier molecular flexibility index (Phi) is 5.05. The lowest BCUT2D eigenvalue weighted by atomic mass is 9.93. The first-order valence-corrected chi connectivity index (χ1v) is 11.7. The van der Waals surface area contributed by atoms with E-state index in [4.69, 9.17) is 8.64 Å². The number of halogens is 1. The molecule has 1 fully saturated rings. The molecule has 7 nitrogen and oxygen atoms in total. The minimum atomic E-state index is -2.08. The smallest absolute Gasteiger partial charge is 0.276 e. The van der Waals surface area contributed by atoms with Gasteiger partial charge in [-0.2, -0.15) is 0 Å². The summed E-state index contributed by atoms with van der Waals surface area (Å²) in [5.74, 6) is 0.362. The fourth-order valence-electron chi connectivity index (χ4n) is 3.79. The van der Waals surface area contributed by atoms with Gasteiger partial charge in [-0.25, -0.2) is 14.4 Å². The van der Waals surface area contributed by atoms with E-state index in [0.717, 1.165) is 5.56 Å². The molecule has 1 amide bonds. The number of thiazole rings is 1. The number of aromatic nitrogens is 3. The number of hydrogen-bond donors (Lipinski definition) is 1. The van der Waals surface area contributed by atoms with Crippen molar-refractivity contribution in [2.45, 2.75) is 25.7 Å². The zero-order valence-corrected chi connectivity index (χ0v) is 19.4. The van der Waals surface area contributed by atoms with Crippen LogP contribution in [0.5, 0.6) is 0 Å². The highest BCUT2D eigenvalue weighted by Crippen LogP contribution is 2.39. The summed E-state index contributed by atoms with van der Waals surface area (Å²) in [6.45, 7) is 2.77. The summed E-state index contributed by atoms with van der Waals surface area (Å²) in [7, 11) is 0. The van der Waals surface area contributed by atoms with Crippen LogP contribution in [0.2, 0.25) is 0 Å². The molecular weight excluding hydrogens is 453 g/mol. The van der Waals surface area contributed by atoms with Crippen molar-refractivity contribution in [2.24, 2.45) is 0 Å². The molecule has 1 aromatic carbocycles. The molecule has 1 aliphatic rings. The summed E-state index contributed by atoms with van der Waals surface area (Å²) in [4.78, 5) is 23.2. The van der Waals surface area contributed by atoms with Crippen molar-refractivity contribution in [3.63, 3.8) is 0 Å². The van der Waals surface area contributed by atoms with Gasteiger partial charge < -0.3 is 14.7 Å². The first-order chi connectivity index (χ1) is 17.6. The molecule has 174 valence electrons. The Labute approximate surface area is 204 Å². The van der Waals surface area contributed by atoms with Crippen LogP contribution in [0.4, 0.5) is 10.2 Å². The number of likely N-dealkylation sites (N-methyl/N-ethyl adjacent to an activating group) is 1. The highest BCUT2D eigenvalue weighted by molar-refractivity contribution is 7.13. The van der Waals surface area contributed by atoms with Crippen molar-refractivity contribution in [3.8, 4) is 21.8 Å². The van der Waals surface area contributed by atoms with Gasteiger partial charge >= 0.3 is 0 Å². The summed E-state index contributed by atoms with van der Waals surface area (Å²) < 4.78 is 41.4. The van der Waals surface area contributed by atoms with Gasteiger partial charge in [0.2, 0.25) is 0 Å². The molecular formula is C25H24FN5O2S. The lowest BCUT2D eigenvalue weighted by Crippen LogP contribution is -2.41. The summed E-state index contributed by atoms with van der Waals surface area (Å²) in [5, 5.41) is 9.19. The Bertz CT molecular complexity index is 1410. The SMILES string of the molecule is [2H]C([2H])([2H])N1CC(c2ccc(NC(=O)c3csc(-c4c(-c5ccc(F)cc5)noc4C(C)C)n3)nc2)C1. The predicted octanol–water partition coefficient (Wildman–Crippen LogP) is 5.40. The first kappa shape index (κ1) is 18.9. The Morgan fingerprint density at radius 3 is 2.74 bits per heavy atom. The van der Waals surface area contributed by atoms with Crippen molar-refractivity contribution in [1.82, 2.24) is 20.0 Å². The summed E-state index contributed by atoms with van der Waals surface area (Å²) >= 11 is 1.29. The van der Waals surface area contributed by atoms with Crippen LogP contribution in [0.3, 0.4) is 0 Å². The molecule has 0 atom stereocenters. The molecule has 4 aromatic rings. The first-order valence-electron chi connectivity index (χ1n) is 12.3. The molecule has 0 radical (unpaired) electrons. The minimum Gasteiger partial charge on any atom is -0.360 e. The molecule has 0 bridgehead atoms. The fraction of sp³-hybridized carbons (Fsp3) is 0.280. The van der Waals surface area contributed by atoms with E-state index in [1.165, 1.54) is 28.4 Å². The summed E-state index contributed by atoms with van der Waals surface area (Å²) in [6, 6.07) is 9.51. The van der Waals surface area contributed by atoms with Crippen LogP contribution in [0.15, 0.2) is 52.5 Å². The molecule has 1 aliphatic heterocycles. The van der Waals surface area contributed by atoms with Gasteiger partial charge in [0.1, 0.15) is 33.8 Å². The molecule has 0 spiro atoms. The number of nitrogens with one attached hydrogen (secondary N) is 1.